The maximum absolute atomic E-state index is 5.50. The first-order valence-electron chi connectivity index (χ1n) is 8.77. The molecule has 1 saturated heterocycles. The van der Waals surface area contributed by atoms with E-state index in [9.17, 15) is 0 Å². The summed E-state index contributed by atoms with van der Waals surface area (Å²) < 4.78 is 0. The molecule has 0 radical (unpaired) electrons. The van der Waals surface area contributed by atoms with Crippen molar-refractivity contribution in [2.45, 2.75) is 26.2 Å². The molecule has 130 valence electrons. The normalized spacial score (nSPS) is 15.9. The fourth-order valence-corrected chi connectivity index (χ4v) is 3.35. The van der Waals surface area contributed by atoms with Gasteiger partial charge in [-0.05, 0) is 62.0 Å². The lowest BCUT2D eigenvalue weighted by molar-refractivity contribution is 0.263. The van der Waals surface area contributed by atoms with Gasteiger partial charge in [0.2, 0.25) is 0 Å². The van der Waals surface area contributed by atoms with Crippen molar-refractivity contribution in [3.05, 3.63) is 66.0 Å². The van der Waals surface area contributed by atoms with Crippen LogP contribution < -0.4 is 5.43 Å². The van der Waals surface area contributed by atoms with E-state index in [1.165, 1.54) is 18.4 Å². The number of hydrogen-bond acceptors (Lipinski definition) is 3. The molecule has 0 bridgehead atoms. The number of nitrogens with zero attached hydrogens (tertiary/aromatic N) is 3. The van der Waals surface area contributed by atoms with Gasteiger partial charge >= 0.3 is 0 Å². The molecule has 1 N–H and O–H groups in total. The van der Waals surface area contributed by atoms with Crippen LogP contribution in [-0.2, 0) is 6.42 Å². The van der Waals surface area contributed by atoms with Gasteiger partial charge in [0, 0.05) is 19.3 Å². The molecular formula is C20H24N4S. The molecule has 3 rings (SSSR count). The van der Waals surface area contributed by atoms with E-state index in [0.717, 1.165) is 36.8 Å². The maximum atomic E-state index is 5.50. The lowest BCUT2D eigenvalue weighted by atomic mass is 9.90. The highest BCUT2D eigenvalue weighted by Gasteiger charge is 2.21. The summed E-state index contributed by atoms with van der Waals surface area (Å²) >= 11 is 5.50. The lowest BCUT2D eigenvalue weighted by Gasteiger charge is -2.33. The largest absolute Gasteiger partial charge is 0.348 e. The van der Waals surface area contributed by atoms with E-state index in [1.54, 1.807) is 6.20 Å². The Morgan fingerprint density at radius 2 is 1.88 bits per heavy atom. The Kier molecular flexibility index (Phi) is 6.12. The van der Waals surface area contributed by atoms with Gasteiger partial charge in [0.05, 0.1) is 11.4 Å². The Morgan fingerprint density at radius 3 is 2.56 bits per heavy atom. The number of thiocarbonyl (C=S) groups is 1. The lowest BCUT2D eigenvalue weighted by Crippen LogP contribution is -2.43. The second-order valence-corrected chi connectivity index (χ2v) is 6.84. The van der Waals surface area contributed by atoms with Crippen LogP contribution in [0.1, 0.15) is 31.0 Å². The molecule has 2 heterocycles. The van der Waals surface area contributed by atoms with Crippen LogP contribution in [0.5, 0.6) is 0 Å². The topological polar surface area (TPSA) is 40.5 Å². The molecule has 2 aromatic rings. The summed E-state index contributed by atoms with van der Waals surface area (Å²) in [6.07, 6.45) is 5.26. The van der Waals surface area contributed by atoms with Gasteiger partial charge in [-0.25, -0.2) is 0 Å². The van der Waals surface area contributed by atoms with Crippen molar-refractivity contribution >= 4 is 23.0 Å². The molecule has 1 aromatic carbocycles. The summed E-state index contributed by atoms with van der Waals surface area (Å²) in [6, 6.07) is 16.5. The number of nitrogens with one attached hydrogen (secondary N) is 1. The average Bonchev–Trinajstić information content (AvgIpc) is 2.68. The zero-order valence-corrected chi connectivity index (χ0v) is 15.4. The molecule has 0 saturated carbocycles. The standard InChI is InChI=1S/C20H24N4S/c1-16(19-9-5-6-12-21-19)22-23-20(25)24-13-10-18(11-14-24)15-17-7-3-2-4-8-17/h2-9,12,18H,10-11,13-15H2,1H3,(H,23,25)/b22-16-. The number of piperidine rings is 1. The summed E-state index contributed by atoms with van der Waals surface area (Å²) in [5, 5.41) is 5.08. The molecule has 1 fully saturated rings. The first-order valence-corrected chi connectivity index (χ1v) is 9.18. The van der Waals surface area contributed by atoms with Crippen LogP contribution in [0.3, 0.4) is 0 Å². The number of pyridine rings is 1. The molecule has 4 nitrogen and oxygen atoms in total. The van der Waals surface area contributed by atoms with E-state index in [-0.39, 0.29) is 0 Å². The van der Waals surface area contributed by atoms with Gasteiger partial charge in [0.15, 0.2) is 5.11 Å². The quantitative estimate of drug-likeness (QED) is 0.518. The zero-order valence-electron chi connectivity index (χ0n) is 14.6. The van der Waals surface area contributed by atoms with E-state index < -0.39 is 0 Å². The van der Waals surface area contributed by atoms with Crippen LogP contribution in [0.15, 0.2) is 59.8 Å². The van der Waals surface area contributed by atoms with Gasteiger partial charge in [-0.15, -0.1) is 0 Å². The number of aromatic nitrogens is 1. The average molecular weight is 353 g/mol. The van der Waals surface area contributed by atoms with Crippen molar-refractivity contribution in [1.29, 1.82) is 0 Å². The van der Waals surface area contributed by atoms with Crippen LogP contribution in [0.25, 0.3) is 0 Å². The first kappa shape index (κ1) is 17.5. The van der Waals surface area contributed by atoms with E-state index in [2.05, 4.69) is 50.7 Å². The van der Waals surface area contributed by atoms with Crippen molar-refractivity contribution in [3.8, 4) is 0 Å². The van der Waals surface area contributed by atoms with Gasteiger partial charge in [-0.2, -0.15) is 5.10 Å². The van der Waals surface area contributed by atoms with E-state index in [4.69, 9.17) is 12.2 Å². The SMILES string of the molecule is C/C(=N/NC(=S)N1CCC(Cc2ccccc2)CC1)c1ccccn1. The third kappa shape index (κ3) is 5.10. The highest BCUT2D eigenvalue weighted by molar-refractivity contribution is 7.80. The van der Waals surface area contributed by atoms with E-state index in [1.807, 2.05) is 25.1 Å². The van der Waals surface area contributed by atoms with Crippen LogP contribution in [0.2, 0.25) is 0 Å². The van der Waals surface area contributed by atoms with E-state index >= 15 is 0 Å². The van der Waals surface area contributed by atoms with Gasteiger partial charge in [-0.1, -0.05) is 36.4 Å². The predicted octanol–water partition coefficient (Wildman–Crippen LogP) is 3.63. The summed E-state index contributed by atoms with van der Waals surface area (Å²) in [5.41, 5.74) is 6.14. The Bertz CT molecular complexity index is 707. The van der Waals surface area contributed by atoms with Crippen LogP contribution in [0.4, 0.5) is 0 Å². The van der Waals surface area contributed by atoms with Gasteiger partial charge in [0.1, 0.15) is 0 Å². The second kappa shape index (κ2) is 8.72. The van der Waals surface area contributed by atoms with Crippen molar-refractivity contribution in [1.82, 2.24) is 15.3 Å². The van der Waals surface area contributed by atoms with Crippen LogP contribution in [-0.4, -0.2) is 33.8 Å². The van der Waals surface area contributed by atoms with Crippen molar-refractivity contribution in [3.63, 3.8) is 0 Å². The minimum Gasteiger partial charge on any atom is -0.348 e. The molecule has 0 atom stereocenters. The molecule has 0 unspecified atom stereocenters. The number of rotatable bonds is 4. The third-order valence-corrected chi connectivity index (χ3v) is 4.97. The summed E-state index contributed by atoms with van der Waals surface area (Å²) in [6.45, 7) is 3.91. The highest BCUT2D eigenvalue weighted by atomic mass is 32.1. The Hall–Kier alpha value is -2.27. The molecule has 0 aliphatic carbocycles. The Balaban J connectivity index is 1.47. The second-order valence-electron chi connectivity index (χ2n) is 6.45. The minimum atomic E-state index is 0.702. The summed E-state index contributed by atoms with van der Waals surface area (Å²) in [5.74, 6) is 0.736. The highest BCUT2D eigenvalue weighted by Crippen LogP contribution is 2.21. The Labute approximate surface area is 155 Å². The zero-order chi connectivity index (χ0) is 17.5. The molecule has 5 heteroatoms. The summed E-state index contributed by atoms with van der Waals surface area (Å²) in [7, 11) is 0. The third-order valence-electron chi connectivity index (χ3n) is 4.62. The van der Waals surface area contributed by atoms with Crippen LogP contribution >= 0.6 is 12.2 Å². The number of hydrogen-bond donors (Lipinski definition) is 1. The molecule has 25 heavy (non-hydrogen) atoms. The van der Waals surface area contributed by atoms with Crippen molar-refractivity contribution in [2.24, 2.45) is 11.0 Å². The number of hydrazone groups is 1. The fourth-order valence-electron chi connectivity index (χ4n) is 3.12. The molecule has 0 spiro atoms. The predicted molar refractivity (Wildman–Crippen MR) is 107 cm³/mol. The minimum absolute atomic E-state index is 0.702. The summed E-state index contributed by atoms with van der Waals surface area (Å²) in [4.78, 5) is 6.51. The van der Waals surface area contributed by atoms with Crippen LogP contribution in [0, 0.1) is 5.92 Å². The smallest absolute Gasteiger partial charge is 0.189 e. The Morgan fingerprint density at radius 1 is 1.16 bits per heavy atom. The van der Waals surface area contributed by atoms with E-state index in [0.29, 0.717) is 5.11 Å². The molecule has 1 aliphatic rings. The maximum Gasteiger partial charge on any atom is 0.189 e. The number of benzene rings is 1. The first-order chi connectivity index (χ1) is 12.2. The van der Waals surface area contributed by atoms with Gasteiger partial charge < -0.3 is 4.90 Å². The molecular weight excluding hydrogens is 328 g/mol. The monoisotopic (exact) mass is 352 g/mol. The fraction of sp³-hybridized carbons (Fsp3) is 0.350. The van der Waals surface area contributed by atoms with Crippen molar-refractivity contribution < 1.29 is 0 Å². The van der Waals surface area contributed by atoms with Crippen molar-refractivity contribution in [2.75, 3.05) is 13.1 Å². The van der Waals surface area contributed by atoms with Gasteiger partial charge in [0.25, 0.3) is 0 Å². The molecule has 0 amide bonds. The molecule has 1 aliphatic heterocycles. The number of likely N-dealkylation sites (tertiary alicyclic amines) is 1. The van der Waals surface area contributed by atoms with Gasteiger partial charge in [-0.3, -0.25) is 10.4 Å². The molecule has 1 aromatic heterocycles.